The number of para-hydroxylation sites is 1. The Kier molecular flexibility index (Phi) is 4.95. The van der Waals surface area contributed by atoms with Crippen molar-refractivity contribution in [3.05, 3.63) is 96.1 Å². The molecule has 3 aromatic carbocycles. The smallest absolute Gasteiger partial charge is 0.0629 e. The molecular weight excluding hydrogens is 352 g/mol. The quantitative estimate of drug-likeness (QED) is 0.383. The van der Waals surface area contributed by atoms with E-state index < -0.39 is 0 Å². The SMILES string of the molecule is CCn1c(-c2ccccc2)c(C(c2ccccc2)N2CCCC2)c2ccccc21. The fourth-order valence-electron chi connectivity index (χ4n) is 5.04. The number of likely N-dealkylation sites (tertiary alicyclic amines) is 1. The highest BCUT2D eigenvalue weighted by Gasteiger charge is 2.31. The molecule has 0 amide bonds. The molecule has 29 heavy (non-hydrogen) atoms. The number of nitrogens with zero attached hydrogens (tertiary/aromatic N) is 2. The van der Waals surface area contributed by atoms with Crippen molar-refractivity contribution in [3.63, 3.8) is 0 Å². The zero-order chi connectivity index (χ0) is 19.6. The van der Waals surface area contributed by atoms with Crippen molar-refractivity contribution in [2.24, 2.45) is 0 Å². The van der Waals surface area contributed by atoms with Crippen LogP contribution in [-0.2, 0) is 6.54 Å². The van der Waals surface area contributed by atoms with Gasteiger partial charge in [-0.3, -0.25) is 4.90 Å². The summed E-state index contributed by atoms with van der Waals surface area (Å²) in [5.41, 5.74) is 6.87. The molecule has 1 saturated heterocycles. The third kappa shape index (κ3) is 3.18. The summed E-state index contributed by atoms with van der Waals surface area (Å²) < 4.78 is 2.51. The summed E-state index contributed by atoms with van der Waals surface area (Å²) in [6.45, 7) is 5.56. The van der Waals surface area contributed by atoms with Gasteiger partial charge in [0.25, 0.3) is 0 Å². The minimum atomic E-state index is 0.284. The lowest BCUT2D eigenvalue weighted by Gasteiger charge is -2.29. The number of rotatable bonds is 5. The summed E-state index contributed by atoms with van der Waals surface area (Å²) in [5.74, 6) is 0. The number of benzene rings is 3. The second-order valence-corrected chi connectivity index (χ2v) is 7.95. The first-order valence-corrected chi connectivity index (χ1v) is 10.8. The fourth-order valence-corrected chi connectivity index (χ4v) is 5.04. The van der Waals surface area contributed by atoms with E-state index in [0.29, 0.717) is 0 Å². The summed E-state index contributed by atoms with van der Waals surface area (Å²) in [7, 11) is 0. The largest absolute Gasteiger partial charge is 0.340 e. The lowest BCUT2D eigenvalue weighted by molar-refractivity contribution is 0.283. The Morgan fingerprint density at radius 2 is 1.38 bits per heavy atom. The highest BCUT2D eigenvalue weighted by Crippen LogP contribution is 2.43. The number of aromatic nitrogens is 1. The average Bonchev–Trinajstić information content (AvgIpc) is 3.42. The Morgan fingerprint density at radius 1 is 0.759 bits per heavy atom. The van der Waals surface area contributed by atoms with Gasteiger partial charge in [-0.15, -0.1) is 0 Å². The van der Waals surface area contributed by atoms with Gasteiger partial charge >= 0.3 is 0 Å². The van der Waals surface area contributed by atoms with E-state index >= 15 is 0 Å². The van der Waals surface area contributed by atoms with Gasteiger partial charge in [0.15, 0.2) is 0 Å². The molecule has 5 rings (SSSR count). The van der Waals surface area contributed by atoms with Crippen LogP contribution in [-0.4, -0.2) is 22.6 Å². The first-order valence-electron chi connectivity index (χ1n) is 10.8. The molecule has 0 aliphatic carbocycles. The van der Waals surface area contributed by atoms with Crippen LogP contribution in [0.25, 0.3) is 22.2 Å². The van der Waals surface area contributed by atoms with E-state index in [9.17, 15) is 0 Å². The van der Waals surface area contributed by atoms with E-state index in [1.807, 2.05) is 0 Å². The Hall–Kier alpha value is -2.84. The minimum absolute atomic E-state index is 0.284. The molecule has 0 saturated carbocycles. The van der Waals surface area contributed by atoms with E-state index in [4.69, 9.17) is 0 Å². The van der Waals surface area contributed by atoms with Gasteiger partial charge in [-0.25, -0.2) is 0 Å². The lowest BCUT2D eigenvalue weighted by Crippen LogP contribution is -2.27. The normalized spacial score (nSPS) is 15.8. The van der Waals surface area contributed by atoms with E-state index in [1.165, 1.54) is 59.2 Å². The monoisotopic (exact) mass is 380 g/mol. The summed E-state index contributed by atoms with van der Waals surface area (Å²) in [4.78, 5) is 2.68. The standard InChI is InChI=1S/C27H28N2/c1-2-29-24-18-10-9-17-23(24)25(27(29)22-15-7-4-8-16-22)26(28-19-11-12-20-28)21-13-5-3-6-14-21/h3-10,13-18,26H,2,11-12,19-20H2,1H3. The first kappa shape index (κ1) is 18.2. The van der Waals surface area contributed by atoms with Crippen LogP contribution < -0.4 is 0 Å². The predicted molar refractivity (Wildman–Crippen MR) is 122 cm³/mol. The van der Waals surface area contributed by atoms with Crippen LogP contribution in [0.15, 0.2) is 84.9 Å². The average molecular weight is 381 g/mol. The first-order chi connectivity index (χ1) is 14.4. The van der Waals surface area contributed by atoms with Crippen LogP contribution >= 0.6 is 0 Å². The van der Waals surface area contributed by atoms with Crippen LogP contribution in [0.2, 0.25) is 0 Å². The van der Waals surface area contributed by atoms with Crippen molar-refractivity contribution in [2.75, 3.05) is 13.1 Å². The number of hydrogen-bond donors (Lipinski definition) is 0. The molecule has 1 aliphatic rings. The second-order valence-electron chi connectivity index (χ2n) is 7.95. The van der Waals surface area contributed by atoms with Crippen molar-refractivity contribution >= 4 is 10.9 Å². The molecular formula is C27H28N2. The molecule has 1 fully saturated rings. The Labute approximate surface area is 173 Å². The van der Waals surface area contributed by atoms with Gasteiger partial charge in [-0.05, 0) is 50.0 Å². The van der Waals surface area contributed by atoms with E-state index in [2.05, 4.69) is 101 Å². The highest BCUT2D eigenvalue weighted by molar-refractivity contribution is 5.93. The zero-order valence-electron chi connectivity index (χ0n) is 17.1. The van der Waals surface area contributed by atoms with Crippen LogP contribution in [0.1, 0.15) is 36.9 Å². The third-order valence-electron chi connectivity index (χ3n) is 6.27. The summed E-state index contributed by atoms with van der Waals surface area (Å²) in [5, 5.41) is 1.38. The molecule has 146 valence electrons. The van der Waals surface area contributed by atoms with Crippen LogP contribution in [0.5, 0.6) is 0 Å². The molecule has 0 bridgehead atoms. The second kappa shape index (κ2) is 7.88. The van der Waals surface area contributed by atoms with Gasteiger partial charge in [0.2, 0.25) is 0 Å². The molecule has 2 heterocycles. The molecule has 2 nitrogen and oxygen atoms in total. The molecule has 0 spiro atoms. The van der Waals surface area contributed by atoms with Crippen molar-refractivity contribution < 1.29 is 0 Å². The maximum absolute atomic E-state index is 2.68. The van der Waals surface area contributed by atoms with Crippen molar-refractivity contribution in [1.29, 1.82) is 0 Å². The molecule has 2 heteroatoms. The molecule has 1 unspecified atom stereocenters. The van der Waals surface area contributed by atoms with Gasteiger partial charge in [0.1, 0.15) is 0 Å². The van der Waals surface area contributed by atoms with E-state index in [-0.39, 0.29) is 6.04 Å². The zero-order valence-corrected chi connectivity index (χ0v) is 17.1. The van der Waals surface area contributed by atoms with Crippen LogP contribution in [0.3, 0.4) is 0 Å². The van der Waals surface area contributed by atoms with Crippen molar-refractivity contribution in [1.82, 2.24) is 9.47 Å². The van der Waals surface area contributed by atoms with Gasteiger partial charge in [-0.2, -0.15) is 0 Å². The highest BCUT2D eigenvalue weighted by atomic mass is 15.2. The van der Waals surface area contributed by atoms with E-state index in [0.717, 1.165) is 6.54 Å². The van der Waals surface area contributed by atoms with Gasteiger partial charge in [-0.1, -0.05) is 78.9 Å². The summed E-state index contributed by atoms with van der Waals surface area (Å²) in [6.07, 6.45) is 2.58. The van der Waals surface area contributed by atoms with Gasteiger partial charge in [0, 0.05) is 23.0 Å². The van der Waals surface area contributed by atoms with Gasteiger partial charge < -0.3 is 4.57 Å². The predicted octanol–water partition coefficient (Wildman–Crippen LogP) is 6.51. The maximum Gasteiger partial charge on any atom is 0.0629 e. The van der Waals surface area contributed by atoms with Crippen molar-refractivity contribution in [3.8, 4) is 11.3 Å². The summed E-state index contributed by atoms with van der Waals surface area (Å²) >= 11 is 0. The lowest BCUT2D eigenvalue weighted by atomic mass is 9.92. The van der Waals surface area contributed by atoms with Crippen molar-refractivity contribution in [2.45, 2.75) is 32.4 Å². The number of aryl methyl sites for hydroxylation is 1. The molecule has 1 aromatic heterocycles. The molecule has 1 atom stereocenters. The third-order valence-corrected chi connectivity index (χ3v) is 6.27. The Balaban J connectivity index is 1.84. The molecule has 0 radical (unpaired) electrons. The van der Waals surface area contributed by atoms with E-state index in [1.54, 1.807) is 0 Å². The van der Waals surface area contributed by atoms with Gasteiger partial charge in [0.05, 0.1) is 11.7 Å². The summed E-state index contributed by atoms with van der Waals surface area (Å²) in [6, 6.07) is 31.3. The molecule has 4 aromatic rings. The maximum atomic E-state index is 2.68. The van der Waals surface area contributed by atoms with Crippen LogP contribution in [0.4, 0.5) is 0 Å². The fraction of sp³-hybridized carbons (Fsp3) is 0.259. The topological polar surface area (TPSA) is 8.17 Å². The Morgan fingerprint density at radius 3 is 2.07 bits per heavy atom. The Bertz CT molecular complexity index is 1090. The number of fused-ring (bicyclic) bond motifs is 1. The molecule has 0 N–H and O–H groups in total. The minimum Gasteiger partial charge on any atom is -0.340 e. The number of hydrogen-bond acceptors (Lipinski definition) is 1. The van der Waals surface area contributed by atoms with Crippen LogP contribution in [0, 0.1) is 0 Å². The molecule has 1 aliphatic heterocycles.